The summed E-state index contributed by atoms with van der Waals surface area (Å²) in [6.45, 7) is 0. The summed E-state index contributed by atoms with van der Waals surface area (Å²) in [5.74, 6) is -0.399. The third-order valence-corrected chi connectivity index (χ3v) is 3.84. The van der Waals surface area contributed by atoms with Crippen LogP contribution in [0.5, 0.6) is 0 Å². The van der Waals surface area contributed by atoms with Crippen molar-refractivity contribution in [1.82, 2.24) is 0 Å². The number of hydrogen-bond donors (Lipinski definition) is 1. The van der Waals surface area contributed by atoms with E-state index in [1.165, 1.54) is 6.07 Å². The maximum Gasteiger partial charge on any atom is 0.142 e. The second kappa shape index (κ2) is 5.99. The van der Waals surface area contributed by atoms with Gasteiger partial charge in [0.15, 0.2) is 0 Å². The molecule has 2 aromatic carbocycles. The molecule has 0 amide bonds. The second-order valence-corrected chi connectivity index (χ2v) is 5.70. The van der Waals surface area contributed by atoms with E-state index in [9.17, 15) is 4.39 Å². The summed E-state index contributed by atoms with van der Waals surface area (Å²) in [5, 5.41) is 0.165. The first-order chi connectivity index (χ1) is 8.58. The number of benzene rings is 2. The molecule has 0 radical (unpaired) electrons. The molecule has 0 aromatic heterocycles. The van der Waals surface area contributed by atoms with Gasteiger partial charge in [-0.3, -0.25) is 0 Å². The van der Waals surface area contributed by atoms with Crippen LogP contribution in [0.25, 0.3) is 0 Å². The van der Waals surface area contributed by atoms with Crippen molar-refractivity contribution >= 4 is 34.2 Å². The van der Waals surface area contributed by atoms with Gasteiger partial charge in [-0.25, -0.2) is 4.39 Å². The topological polar surface area (TPSA) is 26.0 Å². The maximum atomic E-state index is 13.3. The van der Waals surface area contributed by atoms with Crippen molar-refractivity contribution in [2.75, 3.05) is 0 Å². The Bertz CT molecular complexity index is 559. The lowest BCUT2D eigenvalue weighted by atomic mass is 10.00. The fraction of sp³-hybridized carbons (Fsp3) is 0.143. The van der Waals surface area contributed by atoms with E-state index in [4.69, 9.17) is 17.3 Å². The highest BCUT2D eigenvalue weighted by atomic mass is 127. The summed E-state index contributed by atoms with van der Waals surface area (Å²) >= 11 is 8.16. The van der Waals surface area contributed by atoms with Crippen molar-refractivity contribution in [1.29, 1.82) is 0 Å². The summed E-state index contributed by atoms with van der Waals surface area (Å²) in [5.41, 5.74) is 7.90. The lowest BCUT2D eigenvalue weighted by Gasteiger charge is -2.13. The molecule has 1 unspecified atom stereocenters. The zero-order valence-electron chi connectivity index (χ0n) is 9.54. The first kappa shape index (κ1) is 13.8. The first-order valence-corrected chi connectivity index (χ1v) is 6.97. The van der Waals surface area contributed by atoms with E-state index in [1.54, 1.807) is 12.1 Å². The van der Waals surface area contributed by atoms with Gasteiger partial charge in [-0.2, -0.15) is 0 Å². The Morgan fingerprint density at radius 2 is 1.94 bits per heavy atom. The lowest BCUT2D eigenvalue weighted by molar-refractivity contribution is 0.622. The standard InChI is InChI=1S/C14H12ClFIN/c15-14-10(4-2-6-12(14)16)8-13(18)9-3-1-5-11(17)7-9/h1-7,13H,8,18H2. The third kappa shape index (κ3) is 3.22. The highest BCUT2D eigenvalue weighted by Crippen LogP contribution is 2.25. The Labute approximate surface area is 124 Å². The molecule has 1 nitrogen and oxygen atoms in total. The first-order valence-electron chi connectivity index (χ1n) is 5.52. The molecular formula is C14H12ClFIN. The molecule has 0 bridgehead atoms. The maximum absolute atomic E-state index is 13.3. The molecule has 2 N–H and O–H groups in total. The minimum atomic E-state index is -0.399. The molecule has 1 atom stereocenters. The Morgan fingerprint density at radius 1 is 1.22 bits per heavy atom. The molecule has 0 saturated carbocycles. The van der Waals surface area contributed by atoms with E-state index < -0.39 is 5.82 Å². The molecule has 0 aliphatic heterocycles. The van der Waals surface area contributed by atoms with Crippen LogP contribution in [0.3, 0.4) is 0 Å². The van der Waals surface area contributed by atoms with Crippen molar-refractivity contribution in [2.24, 2.45) is 5.73 Å². The molecule has 2 aromatic rings. The number of nitrogens with two attached hydrogens (primary N) is 1. The van der Waals surface area contributed by atoms with Gasteiger partial charge < -0.3 is 5.73 Å². The highest BCUT2D eigenvalue weighted by Gasteiger charge is 2.12. The molecular weight excluding hydrogens is 364 g/mol. The number of halogens is 3. The van der Waals surface area contributed by atoms with Crippen molar-refractivity contribution in [3.05, 3.63) is 68.0 Å². The summed E-state index contributed by atoms with van der Waals surface area (Å²) in [7, 11) is 0. The van der Waals surface area contributed by atoms with Gasteiger partial charge in [0.25, 0.3) is 0 Å². The molecule has 0 spiro atoms. The quantitative estimate of drug-likeness (QED) is 0.794. The molecule has 0 saturated heterocycles. The van der Waals surface area contributed by atoms with E-state index >= 15 is 0 Å². The van der Waals surface area contributed by atoms with Crippen molar-refractivity contribution in [3.63, 3.8) is 0 Å². The summed E-state index contributed by atoms with van der Waals surface area (Å²) in [4.78, 5) is 0. The molecule has 0 fully saturated rings. The van der Waals surface area contributed by atoms with Gasteiger partial charge in [-0.15, -0.1) is 0 Å². The highest BCUT2D eigenvalue weighted by molar-refractivity contribution is 14.1. The van der Waals surface area contributed by atoms with Crippen molar-refractivity contribution < 1.29 is 4.39 Å². The molecule has 4 heteroatoms. The minimum absolute atomic E-state index is 0.165. The SMILES string of the molecule is NC(Cc1cccc(F)c1Cl)c1cccc(I)c1. The Kier molecular flexibility index (Phi) is 4.59. The molecule has 0 heterocycles. The molecule has 2 rings (SSSR count). The van der Waals surface area contributed by atoms with E-state index in [-0.39, 0.29) is 11.1 Å². The van der Waals surface area contributed by atoms with Gasteiger partial charge in [0.05, 0.1) is 5.02 Å². The Hall–Kier alpha value is -0.650. The summed E-state index contributed by atoms with van der Waals surface area (Å²) < 4.78 is 14.5. The fourth-order valence-electron chi connectivity index (χ4n) is 1.80. The third-order valence-electron chi connectivity index (χ3n) is 2.75. The minimum Gasteiger partial charge on any atom is -0.324 e. The van der Waals surface area contributed by atoms with Gasteiger partial charge in [-0.05, 0) is 58.3 Å². The van der Waals surface area contributed by atoms with Crippen LogP contribution in [-0.4, -0.2) is 0 Å². The van der Waals surface area contributed by atoms with E-state index in [1.807, 2.05) is 24.3 Å². The van der Waals surface area contributed by atoms with E-state index in [2.05, 4.69) is 22.6 Å². The van der Waals surface area contributed by atoms with Crippen molar-refractivity contribution in [3.8, 4) is 0 Å². The zero-order valence-corrected chi connectivity index (χ0v) is 12.5. The van der Waals surface area contributed by atoms with Gasteiger partial charge in [-0.1, -0.05) is 35.9 Å². The monoisotopic (exact) mass is 375 g/mol. The van der Waals surface area contributed by atoms with Gasteiger partial charge >= 0.3 is 0 Å². The van der Waals surface area contributed by atoms with Gasteiger partial charge in [0.2, 0.25) is 0 Å². The van der Waals surface area contributed by atoms with Crippen LogP contribution < -0.4 is 5.73 Å². The molecule has 18 heavy (non-hydrogen) atoms. The van der Waals surface area contributed by atoms with Crippen molar-refractivity contribution in [2.45, 2.75) is 12.5 Å². The smallest absolute Gasteiger partial charge is 0.142 e. The van der Waals surface area contributed by atoms with Crippen LogP contribution in [0.15, 0.2) is 42.5 Å². The van der Waals surface area contributed by atoms with Crippen LogP contribution in [0.1, 0.15) is 17.2 Å². The van der Waals surface area contributed by atoms with Crippen LogP contribution >= 0.6 is 34.2 Å². The Balaban J connectivity index is 2.21. The zero-order chi connectivity index (χ0) is 13.1. The summed E-state index contributed by atoms with van der Waals surface area (Å²) in [6, 6.07) is 12.6. The average Bonchev–Trinajstić information content (AvgIpc) is 2.35. The summed E-state index contributed by atoms with van der Waals surface area (Å²) in [6.07, 6.45) is 0.524. The van der Waals surface area contributed by atoms with E-state index in [0.717, 1.165) is 14.7 Å². The lowest BCUT2D eigenvalue weighted by Crippen LogP contribution is -2.13. The molecule has 0 aliphatic carbocycles. The number of hydrogen-bond acceptors (Lipinski definition) is 1. The van der Waals surface area contributed by atoms with Gasteiger partial charge in [0, 0.05) is 9.61 Å². The van der Waals surface area contributed by atoms with Gasteiger partial charge in [0.1, 0.15) is 5.82 Å². The van der Waals surface area contributed by atoms with Crippen LogP contribution in [0.4, 0.5) is 4.39 Å². The second-order valence-electron chi connectivity index (χ2n) is 4.08. The Morgan fingerprint density at radius 3 is 2.67 bits per heavy atom. The molecule has 94 valence electrons. The normalized spacial score (nSPS) is 12.4. The van der Waals surface area contributed by atoms with Crippen LogP contribution in [0.2, 0.25) is 5.02 Å². The predicted octanol–water partition coefficient (Wildman–Crippen LogP) is 4.33. The van der Waals surface area contributed by atoms with E-state index in [0.29, 0.717) is 6.42 Å². The largest absolute Gasteiger partial charge is 0.324 e. The fourth-order valence-corrected chi connectivity index (χ4v) is 2.57. The average molecular weight is 376 g/mol. The predicted molar refractivity (Wildman–Crippen MR) is 81.2 cm³/mol. The number of rotatable bonds is 3. The van der Waals surface area contributed by atoms with Crippen LogP contribution in [-0.2, 0) is 6.42 Å². The molecule has 0 aliphatic rings. The van der Waals surface area contributed by atoms with Crippen LogP contribution in [0, 0.1) is 9.39 Å².